The highest BCUT2D eigenvalue weighted by molar-refractivity contribution is 7.89. The lowest BCUT2D eigenvalue weighted by atomic mass is 10.7. The Balaban J connectivity index is 3.23. The fourth-order valence-electron chi connectivity index (χ4n) is 0.981. The summed E-state index contributed by atoms with van der Waals surface area (Å²) in [5, 5.41) is 8.43. The molecule has 0 aliphatic rings. The van der Waals surface area contributed by atoms with Gasteiger partial charge in [0.25, 0.3) is 0 Å². The Morgan fingerprint density at radius 3 is 1.85 bits per heavy atom. The standard InChI is InChI=1S/C10H21NO8S/c1-20(14,15)11-10(13)19-9-8-18-7-6-17-5-4-16-3-2-12/h12H,2-9H2,1H3,(H,11,13). The molecule has 0 saturated carbocycles. The first-order valence-electron chi connectivity index (χ1n) is 5.94. The average molecular weight is 315 g/mol. The summed E-state index contributed by atoms with van der Waals surface area (Å²) in [5.41, 5.74) is 0. The van der Waals surface area contributed by atoms with Gasteiger partial charge in [0.1, 0.15) is 6.61 Å². The summed E-state index contributed by atoms with van der Waals surface area (Å²) in [6.07, 6.45) is -0.180. The molecule has 0 unspecified atom stereocenters. The van der Waals surface area contributed by atoms with Crippen LogP contribution in [0, 0.1) is 0 Å². The van der Waals surface area contributed by atoms with E-state index in [1.807, 2.05) is 0 Å². The summed E-state index contributed by atoms with van der Waals surface area (Å²) in [5.74, 6) is 0. The predicted octanol–water partition coefficient (Wildman–Crippen LogP) is -1.29. The average Bonchev–Trinajstić information content (AvgIpc) is 2.34. The number of sulfonamides is 1. The Morgan fingerprint density at radius 1 is 0.950 bits per heavy atom. The van der Waals surface area contributed by atoms with Crippen LogP contribution in [0.4, 0.5) is 4.79 Å². The van der Waals surface area contributed by atoms with E-state index in [1.165, 1.54) is 0 Å². The first-order chi connectivity index (χ1) is 9.45. The van der Waals surface area contributed by atoms with Crippen LogP contribution in [0.25, 0.3) is 0 Å². The number of aliphatic hydroxyl groups excluding tert-OH is 1. The van der Waals surface area contributed by atoms with Gasteiger partial charge in [-0.25, -0.2) is 17.9 Å². The van der Waals surface area contributed by atoms with E-state index in [4.69, 9.17) is 19.3 Å². The fraction of sp³-hybridized carbons (Fsp3) is 0.900. The van der Waals surface area contributed by atoms with Crippen molar-refractivity contribution >= 4 is 16.1 Å². The molecule has 9 nitrogen and oxygen atoms in total. The molecule has 20 heavy (non-hydrogen) atoms. The molecule has 2 N–H and O–H groups in total. The molecule has 10 heteroatoms. The first kappa shape index (κ1) is 19.1. The van der Waals surface area contributed by atoms with Crippen molar-refractivity contribution in [2.75, 3.05) is 59.1 Å². The number of ether oxygens (including phenoxy) is 4. The number of nitrogens with one attached hydrogen (secondary N) is 1. The van der Waals surface area contributed by atoms with Gasteiger partial charge in [-0.2, -0.15) is 0 Å². The highest BCUT2D eigenvalue weighted by atomic mass is 32.2. The SMILES string of the molecule is CS(=O)(=O)NC(=O)OCCOCCOCCOCCO. The van der Waals surface area contributed by atoms with Crippen LogP contribution < -0.4 is 4.72 Å². The molecule has 0 aromatic heterocycles. The van der Waals surface area contributed by atoms with Gasteiger partial charge in [-0.05, 0) is 0 Å². The van der Waals surface area contributed by atoms with Crippen molar-refractivity contribution in [2.45, 2.75) is 0 Å². The molecule has 0 aromatic carbocycles. The van der Waals surface area contributed by atoms with Crippen molar-refractivity contribution in [1.29, 1.82) is 0 Å². The lowest BCUT2D eigenvalue weighted by molar-refractivity contribution is 0.000998. The van der Waals surface area contributed by atoms with Crippen LogP contribution >= 0.6 is 0 Å². The van der Waals surface area contributed by atoms with Gasteiger partial charge in [0.2, 0.25) is 10.0 Å². The normalized spacial score (nSPS) is 11.3. The second kappa shape index (κ2) is 11.9. The largest absolute Gasteiger partial charge is 0.446 e. The number of hydrogen-bond donors (Lipinski definition) is 2. The van der Waals surface area contributed by atoms with Gasteiger partial charge < -0.3 is 24.1 Å². The molecule has 120 valence electrons. The van der Waals surface area contributed by atoms with Crippen LogP contribution in [-0.4, -0.2) is 78.7 Å². The summed E-state index contributed by atoms with van der Waals surface area (Å²) in [4.78, 5) is 10.9. The lowest BCUT2D eigenvalue weighted by Crippen LogP contribution is -2.30. The van der Waals surface area contributed by atoms with Crippen molar-refractivity contribution in [1.82, 2.24) is 4.72 Å². The molecular formula is C10H21NO8S. The molecule has 0 bridgehead atoms. The molecule has 0 rings (SSSR count). The molecular weight excluding hydrogens is 294 g/mol. The summed E-state index contributed by atoms with van der Waals surface area (Å²) in [6, 6.07) is 0. The van der Waals surface area contributed by atoms with Crippen LogP contribution in [0.5, 0.6) is 0 Å². The lowest BCUT2D eigenvalue weighted by Gasteiger charge is -2.07. The number of rotatable bonds is 12. The zero-order valence-corrected chi connectivity index (χ0v) is 12.2. The van der Waals surface area contributed by atoms with Crippen LogP contribution in [0.1, 0.15) is 0 Å². The van der Waals surface area contributed by atoms with E-state index in [-0.39, 0.29) is 26.4 Å². The van der Waals surface area contributed by atoms with E-state index in [9.17, 15) is 13.2 Å². The Labute approximate surface area is 118 Å². The number of amides is 1. The molecule has 0 saturated heterocycles. The molecule has 0 aromatic rings. The topological polar surface area (TPSA) is 120 Å². The minimum Gasteiger partial charge on any atom is -0.446 e. The van der Waals surface area contributed by atoms with Crippen LogP contribution in [0.15, 0.2) is 0 Å². The van der Waals surface area contributed by atoms with Gasteiger partial charge >= 0.3 is 6.09 Å². The van der Waals surface area contributed by atoms with Crippen LogP contribution in [-0.2, 0) is 29.0 Å². The number of aliphatic hydroxyl groups is 1. The van der Waals surface area contributed by atoms with E-state index >= 15 is 0 Å². The third-order valence-corrected chi connectivity index (χ3v) is 2.25. The minimum atomic E-state index is -3.60. The van der Waals surface area contributed by atoms with Gasteiger partial charge in [0.05, 0.1) is 52.5 Å². The maximum Gasteiger partial charge on any atom is 0.420 e. The fourth-order valence-corrected chi connectivity index (χ4v) is 1.34. The number of carbonyl (C=O) groups is 1. The van der Waals surface area contributed by atoms with Gasteiger partial charge in [0.15, 0.2) is 0 Å². The van der Waals surface area contributed by atoms with Gasteiger partial charge in [-0.3, -0.25) is 0 Å². The zero-order chi connectivity index (χ0) is 15.3. The second-order valence-corrected chi connectivity index (χ2v) is 5.32. The smallest absolute Gasteiger partial charge is 0.420 e. The summed E-state index contributed by atoms with van der Waals surface area (Å²) >= 11 is 0. The molecule has 0 atom stereocenters. The summed E-state index contributed by atoms with van der Waals surface area (Å²) in [6.45, 7) is 1.83. The summed E-state index contributed by atoms with van der Waals surface area (Å²) < 4.78 is 42.7. The molecule has 0 heterocycles. The van der Waals surface area contributed by atoms with E-state index in [1.54, 1.807) is 4.72 Å². The maximum atomic E-state index is 10.9. The first-order valence-corrected chi connectivity index (χ1v) is 7.83. The predicted molar refractivity (Wildman–Crippen MR) is 68.9 cm³/mol. The third-order valence-electron chi connectivity index (χ3n) is 1.71. The van der Waals surface area contributed by atoms with Crippen molar-refractivity contribution in [2.24, 2.45) is 0 Å². The van der Waals surface area contributed by atoms with E-state index in [0.717, 1.165) is 6.26 Å². The zero-order valence-electron chi connectivity index (χ0n) is 11.4. The molecule has 0 aliphatic heterocycles. The number of carbonyl (C=O) groups excluding carboxylic acids is 1. The Kier molecular flexibility index (Phi) is 11.3. The Hall–Kier alpha value is -0.940. The number of hydrogen-bond acceptors (Lipinski definition) is 8. The molecule has 0 spiro atoms. The monoisotopic (exact) mass is 315 g/mol. The van der Waals surface area contributed by atoms with Crippen LogP contribution in [0.2, 0.25) is 0 Å². The van der Waals surface area contributed by atoms with Gasteiger partial charge in [-0.15, -0.1) is 0 Å². The maximum absolute atomic E-state index is 10.9. The van der Waals surface area contributed by atoms with E-state index < -0.39 is 16.1 Å². The van der Waals surface area contributed by atoms with E-state index in [0.29, 0.717) is 26.4 Å². The second-order valence-electron chi connectivity index (χ2n) is 3.57. The van der Waals surface area contributed by atoms with E-state index in [2.05, 4.69) is 4.74 Å². The highest BCUT2D eigenvalue weighted by Crippen LogP contribution is 1.85. The molecule has 0 radical (unpaired) electrons. The Bertz CT molecular complexity index is 345. The van der Waals surface area contributed by atoms with Crippen LogP contribution in [0.3, 0.4) is 0 Å². The highest BCUT2D eigenvalue weighted by Gasteiger charge is 2.08. The summed E-state index contributed by atoms with van der Waals surface area (Å²) in [7, 11) is -3.60. The van der Waals surface area contributed by atoms with Gasteiger partial charge in [0, 0.05) is 0 Å². The van der Waals surface area contributed by atoms with Crippen molar-refractivity contribution < 1.29 is 37.3 Å². The minimum absolute atomic E-state index is 0.0178. The third kappa shape index (κ3) is 15.1. The van der Waals surface area contributed by atoms with Crippen molar-refractivity contribution in [3.63, 3.8) is 0 Å². The molecule has 0 fully saturated rings. The molecule has 1 amide bonds. The van der Waals surface area contributed by atoms with Crippen molar-refractivity contribution in [3.05, 3.63) is 0 Å². The Morgan fingerprint density at radius 2 is 1.40 bits per heavy atom. The molecule has 0 aliphatic carbocycles. The quantitative estimate of drug-likeness (QED) is 0.427. The van der Waals surface area contributed by atoms with Gasteiger partial charge in [-0.1, -0.05) is 0 Å². The van der Waals surface area contributed by atoms with Crippen molar-refractivity contribution in [3.8, 4) is 0 Å².